The van der Waals surface area contributed by atoms with Crippen LogP contribution >= 0.6 is 0 Å². The summed E-state index contributed by atoms with van der Waals surface area (Å²) < 4.78 is 24.7. The van der Waals surface area contributed by atoms with E-state index in [2.05, 4.69) is 4.98 Å². The summed E-state index contributed by atoms with van der Waals surface area (Å²) in [6, 6.07) is 1.55. The third kappa shape index (κ3) is 1.92. The van der Waals surface area contributed by atoms with Crippen molar-refractivity contribution in [2.24, 2.45) is 5.73 Å². The molecule has 0 aliphatic heterocycles. The first kappa shape index (κ1) is 9.85. The van der Waals surface area contributed by atoms with Crippen LogP contribution in [-0.2, 0) is 6.54 Å². The lowest BCUT2D eigenvalue weighted by atomic mass is 10.1. The molecule has 0 atom stereocenters. The fourth-order valence-corrected chi connectivity index (χ4v) is 1.05. The maximum Gasteiger partial charge on any atom is 0.280 e. The molecule has 3 nitrogen and oxygen atoms in total. The summed E-state index contributed by atoms with van der Waals surface area (Å²) in [5.41, 5.74) is 11.4. The van der Waals surface area contributed by atoms with Gasteiger partial charge in [0.2, 0.25) is 0 Å². The zero-order valence-corrected chi connectivity index (χ0v) is 7.22. The highest BCUT2D eigenvalue weighted by Gasteiger charge is 2.15. The first-order chi connectivity index (χ1) is 6.06. The van der Waals surface area contributed by atoms with Gasteiger partial charge in [0.15, 0.2) is 0 Å². The standard InChI is InChI=1S/C8H11F2N3/c1-4-2-5(3-11)6(7(9)10)13-8(4)12/h2,7H,3,11H2,1H3,(H2,12,13). The Hall–Kier alpha value is -1.23. The number of hydrogen-bond acceptors (Lipinski definition) is 3. The maximum absolute atomic E-state index is 12.4. The third-order valence-corrected chi connectivity index (χ3v) is 1.79. The maximum atomic E-state index is 12.4. The van der Waals surface area contributed by atoms with Crippen molar-refractivity contribution in [3.05, 3.63) is 22.9 Å². The minimum absolute atomic E-state index is 0.0494. The monoisotopic (exact) mass is 187 g/mol. The Labute approximate surface area is 74.8 Å². The Balaban J connectivity index is 3.25. The van der Waals surface area contributed by atoms with Crippen LogP contribution in [0.5, 0.6) is 0 Å². The first-order valence-electron chi connectivity index (χ1n) is 3.80. The van der Waals surface area contributed by atoms with Crippen LogP contribution in [0, 0.1) is 6.92 Å². The second-order valence-electron chi connectivity index (χ2n) is 2.74. The van der Waals surface area contributed by atoms with E-state index in [1.807, 2.05) is 0 Å². The molecular weight excluding hydrogens is 176 g/mol. The van der Waals surface area contributed by atoms with E-state index in [1.54, 1.807) is 13.0 Å². The van der Waals surface area contributed by atoms with E-state index in [4.69, 9.17) is 11.5 Å². The molecule has 1 aromatic rings. The largest absolute Gasteiger partial charge is 0.383 e. The molecule has 1 rings (SSSR count). The normalized spacial score (nSPS) is 10.8. The predicted molar refractivity (Wildman–Crippen MR) is 46.2 cm³/mol. The number of halogens is 2. The van der Waals surface area contributed by atoms with Gasteiger partial charge in [-0.15, -0.1) is 0 Å². The highest BCUT2D eigenvalue weighted by Crippen LogP contribution is 2.23. The molecule has 0 aliphatic carbocycles. The number of nitrogens with zero attached hydrogens (tertiary/aromatic N) is 1. The zero-order valence-electron chi connectivity index (χ0n) is 7.22. The zero-order chi connectivity index (χ0) is 10.0. The summed E-state index contributed by atoms with van der Waals surface area (Å²) >= 11 is 0. The number of nitrogen functional groups attached to an aromatic ring is 1. The van der Waals surface area contributed by atoms with Gasteiger partial charge in [0.25, 0.3) is 6.43 Å². The fraction of sp³-hybridized carbons (Fsp3) is 0.375. The van der Waals surface area contributed by atoms with E-state index in [9.17, 15) is 8.78 Å². The van der Waals surface area contributed by atoms with Gasteiger partial charge in [0.05, 0.1) is 0 Å². The highest BCUT2D eigenvalue weighted by atomic mass is 19.3. The molecule has 0 amide bonds. The van der Waals surface area contributed by atoms with Crippen LogP contribution in [-0.4, -0.2) is 4.98 Å². The Morgan fingerprint density at radius 2 is 2.15 bits per heavy atom. The molecule has 0 saturated carbocycles. The van der Waals surface area contributed by atoms with Crippen molar-refractivity contribution in [2.45, 2.75) is 19.9 Å². The van der Waals surface area contributed by atoms with Gasteiger partial charge in [-0.1, -0.05) is 0 Å². The van der Waals surface area contributed by atoms with Gasteiger partial charge in [-0.2, -0.15) is 0 Å². The van der Waals surface area contributed by atoms with Crippen LogP contribution in [0.1, 0.15) is 23.2 Å². The Bertz CT molecular complexity index is 313. The molecule has 13 heavy (non-hydrogen) atoms. The van der Waals surface area contributed by atoms with Crippen LogP contribution in [0.15, 0.2) is 6.07 Å². The first-order valence-corrected chi connectivity index (χ1v) is 3.80. The van der Waals surface area contributed by atoms with Crippen molar-refractivity contribution >= 4 is 5.82 Å². The van der Waals surface area contributed by atoms with E-state index in [-0.39, 0.29) is 18.1 Å². The number of aryl methyl sites for hydroxylation is 1. The van der Waals surface area contributed by atoms with Crippen LogP contribution in [0.25, 0.3) is 0 Å². The van der Waals surface area contributed by atoms with Crippen LogP contribution in [0.2, 0.25) is 0 Å². The van der Waals surface area contributed by atoms with E-state index >= 15 is 0 Å². The molecule has 1 heterocycles. The van der Waals surface area contributed by atoms with E-state index in [0.717, 1.165) is 0 Å². The van der Waals surface area contributed by atoms with Gasteiger partial charge in [-0.05, 0) is 24.1 Å². The minimum Gasteiger partial charge on any atom is -0.383 e. The number of aromatic nitrogens is 1. The molecule has 4 N–H and O–H groups in total. The average molecular weight is 187 g/mol. The number of anilines is 1. The average Bonchev–Trinajstić information content (AvgIpc) is 2.08. The number of pyridine rings is 1. The summed E-state index contributed by atoms with van der Waals surface area (Å²) in [5, 5.41) is 0. The van der Waals surface area contributed by atoms with Gasteiger partial charge < -0.3 is 11.5 Å². The van der Waals surface area contributed by atoms with Crippen molar-refractivity contribution in [3.63, 3.8) is 0 Å². The molecule has 0 saturated heterocycles. The van der Waals surface area contributed by atoms with E-state index in [0.29, 0.717) is 11.1 Å². The van der Waals surface area contributed by atoms with E-state index < -0.39 is 6.43 Å². The summed E-state index contributed by atoms with van der Waals surface area (Å²) in [7, 11) is 0. The van der Waals surface area contributed by atoms with Gasteiger partial charge in [0.1, 0.15) is 11.5 Å². The van der Waals surface area contributed by atoms with Gasteiger partial charge in [-0.3, -0.25) is 0 Å². The number of rotatable bonds is 2. The van der Waals surface area contributed by atoms with Crippen LogP contribution < -0.4 is 11.5 Å². The quantitative estimate of drug-likeness (QED) is 0.734. The van der Waals surface area contributed by atoms with Gasteiger partial charge in [-0.25, -0.2) is 13.8 Å². The number of hydrogen-bond donors (Lipinski definition) is 2. The molecular formula is C8H11F2N3. The summed E-state index contributed by atoms with van der Waals surface area (Å²) in [4.78, 5) is 3.59. The Kier molecular flexibility index (Phi) is 2.77. The number of nitrogens with two attached hydrogens (primary N) is 2. The lowest BCUT2D eigenvalue weighted by Crippen LogP contribution is -2.07. The molecule has 72 valence electrons. The van der Waals surface area contributed by atoms with Crippen LogP contribution in [0.4, 0.5) is 14.6 Å². The van der Waals surface area contributed by atoms with Gasteiger partial charge in [0, 0.05) is 6.54 Å². The molecule has 1 aromatic heterocycles. The van der Waals surface area contributed by atoms with Crippen LogP contribution in [0.3, 0.4) is 0 Å². The van der Waals surface area contributed by atoms with Crippen molar-refractivity contribution < 1.29 is 8.78 Å². The molecule has 0 radical (unpaired) electrons. The van der Waals surface area contributed by atoms with Crippen molar-refractivity contribution in [2.75, 3.05) is 5.73 Å². The molecule has 0 unspecified atom stereocenters. The van der Waals surface area contributed by atoms with Crippen molar-refractivity contribution in [3.8, 4) is 0 Å². The van der Waals surface area contributed by atoms with Crippen molar-refractivity contribution in [1.29, 1.82) is 0 Å². The predicted octanol–water partition coefficient (Wildman–Crippen LogP) is 1.37. The van der Waals surface area contributed by atoms with Gasteiger partial charge >= 0.3 is 0 Å². The minimum atomic E-state index is -2.62. The highest BCUT2D eigenvalue weighted by molar-refractivity contribution is 5.43. The molecule has 0 spiro atoms. The SMILES string of the molecule is Cc1cc(CN)c(C(F)F)nc1N. The lowest BCUT2D eigenvalue weighted by Gasteiger charge is -2.08. The second-order valence-corrected chi connectivity index (χ2v) is 2.74. The lowest BCUT2D eigenvalue weighted by molar-refractivity contribution is 0.145. The molecule has 0 bridgehead atoms. The number of alkyl halides is 2. The summed E-state index contributed by atoms with van der Waals surface area (Å²) in [6.45, 7) is 1.75. The molecule has 0 fully saturated rings. The van der Waals surface area contributed by atoms with E-state index in [1.165, 1.54) is 0 Å². The summed E-state index contributed by atoms with van der Waals surface area (Å²) in [6.07, 6.45) is -2.62. The molecule has 5 heteroatoms. The Morgan fingerprint density at radius 1 is 1.54 bits per heavy atom. The topological polar surface area (TPSA) is 64.9 Å². The van der Waals surface area contributed by atoms with Crippen molar-refractivity contribution in [1.82, 2.24) is 4.98 Å². The third-order valence-electron chi connectivity index (χ3n) is 1.79. The molecule has 0 aromatic carbocycles. The smallest absolute Gasteiger partial charge is 0.280 e. The molecule has 0 aliphatic rings. The Morgan fingerprint density at radius 3 is 2.62 bits per heavy atom. The second kappa shape index (κ2) is 3.66. The summed E-state index contributed by atoms with van der Waals surface area (Å²) in [5.74, 6) is 0.132. The fourth-order valence-electron chi connectivity index (χ4n) is 1.05.